The van der Waals surface area contributed by atoms with Crippen LogP contribution in [-0.2, 0) is 14.3 Å². The highest BCUT2D eigenvalue weighted by Gasteiger charge is 2.44. The first kappa shape index (κ1) is 13.5. The van der Waals surface area contributed by atoms with Crippen molar-refractivity contribution in [1.29, 1.82) is 0 Å². The maximum absolute atomic E-state index is 13.1. The van der Waals surface area contributed by atoms with Crippen LogP contribution in [0.4, 0.5) is 4.39 Å². The van der Waals surface area contributed by atoms with E-state index in [0.29, 0.717) is 26.4 Å². The van der Waals surface area contributed by atoms with E-state index in [0.717, 1.165) is 12.0 Å². The quantitative estimate of drug-likeness (QED) is 0.907. The average Bonchev–Trinajstić information content (AvgIpc) is 3.26. The van der Waals surface area contributed by atoms with Gasteiger partial charge in [-0.15, -0.1) is 0 Å². The number of carbonyl (C=O) groups is 1. The van der Waals surface area contributed by atoms with Crippen LogP contribution in [0, 0.1) is 11.7 Å². The fraction of sp³-hybridized carbons (Fsp3) is 0.533. The van der Waals surface area contributed by atoms with Crippen LogP contribution in [0.5, 0.6) is 0 Å². The van der Waals surface area contributed by atoms with Gasteiger partial charge in [-0.1, -0.05) is 12.1 Å². The molecular formula is C15H18FNO3. The van der Waals surface area contributed by atoms with Crippen molar-refractivity contribution < 1.29 is 18.7 Å². The minimum Gasteiger partial charge on any atom is -0.376 e. The van der Waals surface area contributed by atoms with Crippen molar-refractivity contribution >= 4 is 5.91 Å². The Kier molecular flexibility index (Phi) is 3.98. The number of benzene rings is 1. The van der Waals surface area contributed by atoms with Crippen LogP contribution in [0.15, 0.2) is 24.3 Å². The van der Waals surface area contributed by atoms with Crippen molar-refractivity contribution in [1.82, 2.24) is 5.32 Å². The predicted octanol–water partition coefficient (Wildman–Crippen LogP) is 1.46. The first-order chi connectivity index (χ1) is 9.74. The van der Waals surface area contributed by atoms with Crippen LogP contribution in [0.25, 0.3) is 0 Å². The van der Waals surface area contributed by atoms with Gasteiger partial charge in [-0.25, -0.2) is 4.39 Å². The third-order valence-corrected chi connectivity index (χ3v) is 3.79. The standard InChI is InChI=1S/C15H18FNO3/c16-11-3-1-2-10(6-11)13-7-14(13)15(18)17-8-12-9-19-4-5-20-12/h1-3,6,12-14H,4-5,7-9H2,(H,17,18)/t12-,13+,14+/m1/s1. The van der Waals surface area contributed by atoms with Crippen LogP contribution < -0.4 is 5.32 Å². The molecule has 1 aromatic rings. The van der Waals surface area contributed by atoms with Crippen LogP contribution in [-0.4, -0.2) is 38.4 Å². The molecule has 1 N–H and O–H groups in total. The molecule has 108 valence electrons. The molecule has 1 saturated carbocycles. The predicted molar refractivity (Wildman–Crippen MR) is 70.8 cm³/mol. The number of ether oxygens (including phenoxy) is 2. The number of rotatable bonds is 4. The molecule has 1 aromatic carbocycles. The summed E-state index contributed by atoms with van der Waals surface area (Å²) in [5, 5.41) is 2.89. The van der Waals surface area contributed by atoms with Crippen molar-refractivity contribution in [2.75, 3.05) is 26.4 Å². The molecule has 1 aliphatic carbocycles. The number of hydrogen-bond acceptors (Lipinski definition) is 3. The van der Waals surface area contributed by atoms with Gasteiger partial charge in [0.2, 0.25) is 5.91 Å². The smallest absolute Gasteiger partial charge is 0.223 e. The highest BCUT2D eigenvalue weighted by Crippen LogP contribution is 2.47. The monoisotopic (exact) mass is 279 g/mol. The highest BCUT2D eigenvalue weighted by molar-refractivity contribution is 5.82. The summed E-state index contributed by atoms with van der Waals surface area (Å²) in [7, 11) is 0. The molecule has 2 fully saturated rings. The molecule has 0 aromatic heterocycles. The maximum Gasteiger partial charge on any atom is 0.223 e. The summed E-state index contributed by atoms with van der Waals surface area (Å²) >= 11 is 0. The van der Waals surface area contributed by atoms with E-state index in [1.807, 2.05) is 6.07 Å². The summed E-state index contributed by atoms with van der Waals surface area (Å²) in [6.07, 6.45) is 0.733. The molecule has 0 unspecified atom stereocenters. The molecule has 0 bridgehead atoms. The summed E-state index contributed by atoms with van der Waals surface area (Å²) < 4.78 is 23.9. The first-order valence-electron chi connectivity index (χ1n) is 6.96. The number of hydrogen-bond donors (Lipinski definition) is 1. The minimum absolute atomic E-state index is 0.0217. The molecule has 1 amide bonds. The zero-order valence-electron chi connectivity index (χ0n) is 11.2. The van der Waals surface area contributed by atoms with E-state index in [4.69, 9.17) is 9.47 Å². The number of nitrogens with one attached hydrogen (secondary N) is 1. The van der Waals surface area contributed by atoms with Crippen LogP contribution in [0.1, 0.15) is 17.9 Å². The zero-order valence-corrected chi connectivity index (χ0v) is 11.2. The Labute approximate surface area is 117 Å². The Morgan fingerprint density at radius 3 is 3.05 bits per heavy atom. The fourth-order valence-electron chi connectivity index (χ4n) is 2.59. The van der Waals surface area contributed by atoms with Gasteiger partial charge in [0.15, 0.2) is 0 Å². The lowest BCUT2D eigenvalue weighted by Gasteiger charge is -2.23. The van der Waals surface area contributed by atoms with E-state index in [1.165, 1.54) is 12.1 Å². The minimum atomic E-state index is -0.249. The molecule has 3 atom stereocenters. The van der Waals surface area contributed by atoms with Gasteiger partial charge in [0.25, 0.3) is 0 Å². The van der Waals surface area contributed by atoms with Crippen LogP contribution in [0.3, 0.4) is 0 Å². The molecule has 0 radical (unpaired) electrons. The van der Waals surface area contributed by atoms with Gasteiger partial charge in [-0.05, 0) is 30.0 Å². The van der Waals surface area contributed by atoms with Crippen LogP contribution >= 0.6 is 0 Å². The molecule has 2 aliphatic rings. The maximum atomic E-state index is 13.1. The number of amides is 1. The second-order valence-electron chi connectivity index (χ2n) is 5.32. The van der Waals surface area contributed by atoms with Gasteiger partial charge < -0.3 is 14.8 Å². The molecule has 1 saturated heterocycles. The lowest BCUT2D eigenvalue weighted by molar-refractivity contribution is -0.125. The summed E-state index contributed by atoms with van der Waals surface area (Å²) in [5.41, 5.74) is 0.905. The topological polar surface area (TPSA) is 47.6 Å². The Morgan fingerprint density at radius 1 is 1.40 bits per heavy atom. The largest absolute Gasteiger partial charge is 0.376 e. The van der Waals surface area contributed by atoms with Gasteiger partial charge in [0, 0.05) is 12.5 Å². The summed E-state index contributed by atoms with van der Waals surface area (Å²) in [5.74, 6) is -0.120. The lowest BCUT2D eigenvalue weighted by atomic mass is 10.1. The van der Waals surface area contributed by atoms with Crippen LogP contribution in [0.2, 0.25) is 0 Å². The molecule has 4 nitrogen and oxygen atoms in total. The van der Waals surface area contributed by atoms with Crippen molar-refractivity contribution in [3.8, 4) is 0 Å². The second-order valence-corrected chi connectivity index (χ2v) is 5.32. The Bertz CT molecular complexity index is 488. The van der Waals surface area contributed by atoms with Gasteiger partial charge in [-0.2, -0.15) is 0 Å². The van der Waals surface area contributed by atoms with E-state index in [2.05, 4.69) is 5.32 Å². The molecule has 5 heteroatoms. The Hall–Kier alpha value is -1.46. The summed E-state index contributed by atoms with van der Waals surface area (Å²) in [6.45, 7) is 2.20. The van der Waals surface area contributed by atoms with Gasteiger partial charge in [-0.3, -0.25) is 4.79 Å². The molecule has 1 aliphatic heterocycles. The Morgan fingerprint density at radius 2 is 2.30 bits per heavy atom. The summed E-state index contributed by atoms with van der Waals surface area (Å²) in [4.78, 5) is 12.0. The Balaban J connectivity index is 1.47. The van der Waals surface area contributed by atoms with Crippen molar-refractivity contribution in [2.24, 2.45) is 5.92 Å². The van der Waals surface area contributed by atoms with Crippen molar-refractivity contribution in [3.63, 3.8) is 0 Å². The molecular weight excluding hydrogens is 261 g/mol. The van der Waals surface area contributed by atoms with E-state index in [-0.39, 0.29) is 29.7 Å². The normalized spacial score (nSPS) is 28.9. The molecule has 3 rings (SSSR count). The third kappa shape index (κ3) is 3.16. The fourth-order valence-corrected chi connectivity index (χ4v) is 2.59. The van der Waals surface area contributed by atoms with E-state index < -0.39 is 0 Å². The van der Waals surface area contributed by atoms with E-state index in [1.54, 1.807) is 6.07 Å². The molecule has 1 heterocycles. The van der Waals surface area contributed by atoms with Crippen molar-refractivity contribution in [2.45, 2.75) is 18.4 Å². The van der Waals surface area contributed by atoms with Gasteiger partial charge >= 0.3 is 0 Å². The van der Waals surface area contributed by atoms with E-state index in [9.17, 15) is 9.18 Å². The van der Waals surface area contributed by atoms with Crippen molar-refractivity contribution in [3.05, 3.63) is 35.6 Å². The lowest BCUT2D eigenvalue weighted by Crippen LogP contribution is -2.40. The number of halogens is 1. The molecule has 0 spiro atoms. The van der Waals surface area contributed by atoms with E-state index >= 15 is 0 Å². The van der Waals surface area contributed by atoms with Gasteiger partial charge in [0.1, 0.15) is 5.82 Å². The zero-order chi connectivity index (χ0) is 13.9. The summed E-state index contributed by atoms with van der Waals surface area (Å²) in [6, 6.07) is 6.49. The van der Waals surface area contributed by atoms with Gasteiger partial charge in [0.05, 0.1) is 25.9 Å². The molecule has 20 heavy (non-hydrogen) atoms. The second kappa shape index (κ2) is 5.89. The number of carbonyl (C=O) groups excluding carboxylic acids is 1. The first-order valence-corrected chi connectivity index (χ1v) is 6.96. The highest BCUT2D eigenvalue weighted by atomic mass is 19.1. The average molecular weight is 279 g/mol. The third-order valence-electron chi connectivity index (χ3n) is 3.79. The SMILES string of the molecule is O=C(NC[C@@H]1COCCO1)[C@H]1C[C@H]1c1cccc(F)c1.